The van der Waals surface area contributed by atoms with Gasteiger partial charge in [-0.25, -0.2) is 14.2 Å². The molecule has 0 saturated carbocycles. The minimum absolute atomic E-state index is 0.0124. The first kappa shape index (κ1) is 26.8. The number of piperidine rings is 1. The molecule has 3 aromatic rings. The Morgan fingerprint density at radius 3 is 2.32 bits per heavy atom. The fourth-order valence-electron chi connectivity index (χ4n) is 5.18. The summed E-state index contributed by atoms with van der Waals surface area (Å²) in [6, 6.07) is 7.47. The molecule has 3 heterocycles. The zero-order valence-corrected chi connectivity index (χ0v) is 22.9. The number of halogens is 1. The molecule has 0 aliphatic carbocycles. The fraction of sp³-hybridized carbons (Fsp3) is 0.464. The number of nitrogens with zero attached hydrogens (tertiary/aromatic N) is 3. The lowest BCUT2D eigenvalue weighted by atomic mass is 9.87. The van der Waals surface area contributed by atoms with Gasteiger partial charge in [-0.2, -0.15) is 0 Å². The van der Waals surface area contributed by atoms with Crippen LogP contribution < -0.4 is 5.56 Å². The van der Waals surface area contributed by atoms with Gasteiger partial charge in [-0.05, 0) is 74.8 Å². The van der Waals surface area contributed by atoms with Gasteiger partial charge in [0.25, 0.3) is 5.56 Å². The lowest BCUT2D eigenvalue weighted by Gasteiger charge is -2.33. The van der Waals surface area contributed by atoms with Crippen molar-refractivity contribution in [1.29, 1.82) is 0 Å². The minimum atomic E-state index is -1.10. The van der Waals surface area contributed by atoms with Crippen LogP contribution in [-0.4, -0.2) is 50.0 Å². The molecule has 198 valence electrons. The molecular weight excluding hydrogens is 494 g/mol. The molecule has 1 fully saturated rings. The third-order valence-corrected chi connectivity index (χ3v) is 7.10. The van der Waals surface area contributed by atoms with Crippen LogP contribution in [0.3, 0.4) is 0 Å². The highest BCUT2D eigenvalue weighted by Crippen LogP contribution is 2.40. The molecule has 8 nitrogen and oxygen atoms in total. The number of hydrogen-bond acceptors (Lipinski definition) is 4. The maximum absolute atomic E-state index is 12.5. The highest BCUT2D eigenvalue weighted by atomic mass is 35.5. The van der Waals surface area contributed by atoms with Crippen molar-refractivity contribution in [2.75, 3.05) is 13.1 Å². The van der Waals surface area contributed by atoms with E-state index in [1.165, 1.54) is 15.2 Å². The number of ether oxygens (including phenoxy) is 1. The Balaban J connectivity index is 1.76. The minimum Gasteiger partial charge on any atom is -0.464 e. The largest absolute Gasteiger partial charge is 0.464 e. The molecule has 1 aromatic carbocycles. The molecule has 1 aliphatic heterocycles. The Labute approximate surface area is 221 Å². The number of carbonyl (C=O) groups is 2. The van der Waals surface area contributed by atoms with E-state index in [4.69, 9.17) is 16.3 Å². The Morgan fingerprint density at radius 2 is 1.78 bits per heavy atom. The van der Waals surface area contributed by atoms with Gasteiger partial charge < -0.3 is 19.3 Å². The first-order chi connectivity index (χ1) is 17.3. The number of carboxylic acid groups (broad SMARTS) is 1. The van der Waals surface area contributed by atoms with Crippen LogP contribution >= 0.6 is 11.6 Å². The molecule has 0 spiro atoms. The van der Waals surface area contributed by atoms with Crippen LogP contribution in [0.4, 0.5) is 9.59 Å². The topological polar surface area (TPSA) is 93.8 Å². The SMILES string of the molecule is CC(C)c1c(-c2cc(Cl)c(=O)n(C)c2)n(C(=O)O)c2ccc(C3CCN(C(=O)OC(C)(C)C)CC3)cc12. The molecule has 4 rings (SSSR count). The predicted octanol–water partition coefficient (Wildman–Crippen LogP) is 6.42. The van der Waals surface area contributed by atoms with Crippen LogP contribution in [0.25, 0.3) is 22.2 Å². The van der Waals surface area contributed by atoms with E-state index in [1.54, 1.807) is 18.1 Å². The van der Waals surface area contributed by atoms with Crippen LogP contribution in [-0.2, 0) is 11.8 Å². The van der Waals surface area contributed by atoms with Gasteiger partial charge in [-0.1, -0.05) is 31.5 Å². The highest BCUT2D eigenvalue weighted by Gasteiger charge is 2.29. The van der Waals surface area contributed by atoms with E-state index in [-0.39, 0.29) is 28.5 Å². The molecule has 1 aliphatic rings. The summed E-state index contributed by atoms with van der Waals surface area (Å²) >= 11 is 6.20. The summed E-state index contributed by atoms with van der Waals surface area (Å²) in [6.07, 6.45) is 1.83. The van der Waals surface area contributed by atoms with Gasteiger partial charge in [-0.3, -0.25) is 4.79 Å². The number of benzene rings is 1. The zero-order chi connectivity index (χ0) is 27.2. The summed E-state index contributed by atoms with van der Waals surface area (Å²) in [5.74, 6) is 0.255. The number of carbonyl (C=O) groups excluding carboxylic acids is 1. The second-order valence-electron chi connectivity index (χ2n) is 11.0. The van der Waals surface area contributed by atoms with Crippen molar-refractivity contribution in [1.82, 2.24) is 14.0 Å². The summed E-state index contributed by atoms with van der Waals surface area (Å²) in [5, 5.41) is 11.1. The molecule has 0 radical (unpaired) electrons. The molecule has 1 N–H and O–H groups in total. The number of fused-ring (bicyclic) bond motifs is 1. The third-order valence-electron chi connectivity index (χ3n) is 6.83. The van der Waals surface area contributed by atoms with Crippen LogP contribution in [0, 0.1) is 0 Å². The van der Waals surface area contributed by atoms with Crippen molar-refractivity contribution in [3.05, 3.63) is 57.0 Å². The van der Waals surface area contributed by atoms with Gasteiger partial charge in [0.05, 0.1) is 11.2 Å². The van der Waals surface area contributed by atoms with Gasteiger partial charge in [0.1, 0.15) is 10.6 Å². The molecule has 9 heteroatoms. The maximum Gasteiger partial charge on any atom is 0.416 e. The molecule has 0 atom stereocenters. The van der Waals surface area contributed by atoms with Crippen LogP contribution in [0.1, 0.15) is 70.4 Å². The van der Waals surface area contributed by atoms with E-state index >= 15 is 0 Å². The van der Waals surface area contributed by atoms with E-state index in [2.05, 4.69) is 6.07 Å². The van der Waals surface area contributed by atoms with Crippen LogP contribution in [0.5, 0.6) is 0 Å². The molecule has 1 saturated heterocycles. The zero-order valence-electron chi connectivity index (χ0n) is 22.2. The van der Waals surface area contributed by atoms with E-state index in [0.717, 1.165) is 29.4 Å². The van der Waals surface area contributed by atoms with Crippen molar-refractivity contribution in [2.24, 2.45) is 7.05 Å². The Morgan fingerprint density at radius 1 is 1.14 bits per heavy atom. The molecular formula is C28H34ClN3O5. The van der Waals surface area contributed by atoms with Gasteiger partial charge in [0.15, 0.2) is 0 Å². The van der Waals surface area contributed by atoms with Crippen molar-refractivity contribution >= 4 is 34.7 Å². The number of pyridine rings is 1. The normalized spacial score (nSPS) is 15.0. The number of hydrogen-bond donors (Lipinski definition) is 1. The van der Waals surface area contributed by atoms with Crippen molar-refractivity contribution in [3.63, 3.8) is 0 Å². The Hall–Kier alpha value is -3.26. The number of likely N-dealkylation sites (tertiary alicyclic amines) is 1. The molecule has 1 amide bonds. The first-order valence-corrected chi connectivity index (χ1v) is 12.9. The lowest BCUT2D eigenvalue weighted by molar-refractivity contribution is 0.0205. The van der Waals surface area contributed by atoms with Gasteiger partial charge in [-0.15, -0.1) is 0 Å². The fourth-order valence-corrected chi connectivity index (χ4v) is 5.43. The van der Waals surface area contributed by atoms with Gasteiger partial charge >= 0.3 is 12.2 Å². The highest BCUT2D eigenvalue weighted by molar-refractivity contribution is 6.30. The third kappa shape index (κ3) is 5.25. The van der Waals surface area contributed by atoms with Crippen molar-refractivity contribution < 1.29 is 19.4 Å². The summed E-state index contributed by atoms with van der Waals surface area (Å²) in [7, 11) is 1.60. The first-order valence-electron chi connectivity index (χ1n) is 12.5. The predicted molar refractivity (Wildman–Crippen MR) is 145 cm³/mol. The van der Waals surface area contributed by atoms with Crippen molar-refractivity contribution in [3.8, 4) is 11.3 Å². The number of aryl methyl sites for hydroxylation is 1. The van der Waals surface area contributed by atoms with E-state index in [9.17, 15) is 19.5 Å². The molecule has 2 aromatic heterocycles. The van der Waals surface area contributed by atoms with Crippen LogP contribution in [0.15, 0.2) is 35.3 Å². The van der Waals surface area contributed by atoms with Crippen LogP contribution in [0.2, 0.25) is 5.02 Å². The number of rotatable bonds is 3. The molecule has 0 bridgehead atoms. The molecule has 0 unspecified atom stereocenters. The number of amides is 1. The maximum atomic E-state index is 12.5. The average Bonchev–Trinajstić information content (AvgIpc) is 3.16. The van der Waals surface area contributed by atoms with E-state index in [1.807, 2.05) is 46.8 Å². The van der Waals surface area contributed by atoms with E-state index < -0.39 is 11.7 Å². The Kier molecular flexibility index (Phi) is 7.16. The summed E-state index contributed by atoms with van der Waals surface area (Å²) < 4.78 is 8.18. The average molecular weight is 528 g/mol. The summed E-state index contributed by atoms with van der Waals surface area (Å²) in [6.45, 7) is 10.8. The number of aromatic nitrogens is 2. The smallest absolute Gasteiger partial charge is 0.416 e. The van der Waals surface area contributed by atoms with Gasteiger partial charge in [0.2, 0.25) is 0 Å². The summed E-state index contributed by atoms with van der Waals surface area (Å²) in [5.41, 5.74) is 2.82. The van der Waals surface area contributed by atoms with Gasteiger partial charge in [0, 0.05) is 37.3 Å². The summed E-state index contributed by atoms with van der Waals surface area (Å²) in [4.78, 5) is 38.9. The monoisotopic (exact) mass is 527 g/mol. The lowest BCUT2D eigenvalue weighted by Crippen LogP contribution is -2.41. The Bertz CT molecular complexity index is 1400. The second-order valence-corrected chi connectivity index (χ2v) is 11.5. The quantitative estimate of drug-likeness (QED) is 0.424. The van der Waals surface area contributed by atoms with Crippen molar-refractivity contribution in [2.45, 2.75) is 64.9 Å². The standard InChI is InChI=1S/C28H34ClN3O5/c1-16(2)23-20-13-18(17-9-11-31(12-10-17)27(36)37-28(3,4)5)7-8-22(20)32(26(34)35)24(23)19-14-21(29)25(33)30(6)15-19/h7-8,13-17H,9-12H2,1-6H3,(H,34,35). The molecule has 37 heavy (non-hydrogen) atoms. The second kappa shape index (κ2) is 9.89. The van der Waals surface area contributed by atoms with E-state index in [0.29, 0.717) is 29.9 Å².